The number of fused-ring (bicyclic) bond motifs is 1. The zero-order chi connectivity index (χ0) is 20.7. The van der Waals surface area contributed by atoms with E-state index in [2.05, 4.69) is 15.4 Å². The fraction of sp³-hybridized carbons (Fsp3) is 0.368. The fourth-order valence-electron chi connectivity index (χ4n) is 4.02. The van der Waals surface area contributed by atoms with Crippen molar-refractivity contribution in [1.29, 1.82) is 0 Å². The van der Waals surface area contributed by atoms with E-state index in [0.717, 1.165) is 5.56 Å². The lowest BCUT2D eigenvalue weighted by Crippen LogP contribution is -2.45. The van der Waals surface area contributed by atoms with Gasteiger partial charge in [-0.15, -0.1) is 0 Å². The Hall–Kier alpha value is -2.58. The number of likely N-dealkylation sites (tertiary alicyclic amines) is 1. The molecule has 2 N–H and O–H groups in total. The molecular formula is C19H19Cl2N5O3. The molecule has 2 aromatic rings. The van der Waals surface area contributed by atoms with E-state index in [9.17, 15) is 9.59 Å². The number of nitrogens with one attached hydrogen (secondary N) is 1. The summed E-state index contributed by atoms with van der Waals surface area (Å²) in [5, 5.41) is 16.6. The number of aromatic nitrogens is 2. The van der Waals surface area contributed by atoms with Crippen LogP contribution < -0.4 is 5.32 Å². The van der Waals surface area contributed by atoms with Crippen molar-refractivity contribution in [2.24, 2.45) is 10.9 Å². The average Bonchev–Trinajstić information content (AvgIpc) is 3.31. The van der Waals surface area contributed by atoms with E-state index in [-0.39, 0.29) is 11.9 Å². The molecule has 1 fully saturated rings. The number of benzene rings is 1. The molecule has 2 amide bonds. The molecule has 3 atom stereocenters. The molecule has 152 valence electrons. The van der Waals surface area contributed by atoms with Gasteiger partial charge in [0.05, 0.1) is 28.3 Å². The number of rotatable bonds is 3. The molecule has 1 aromatic heterocycles. The van der Waals surface area contributed by atoms with Gasteiger partial charge in [-0.2, -0.15) is 5.10 Å². The number of carboxylic acid groups (broad SMARTS) is 1. The third kappa shape index (κ3) is 3.70. The quantitative estimate of drug-likeness (QED) is 0.771. The summed E-state index contributed by atoms with van der Waals surface area (Å²) in [6.07, 6.45) is 1.13. The molecule has 8 nitrogen and oxygen atoms in total. The van der Waals surface area contributed by atoms with Crippen molar-refractivity contribution in [1.82, 2.24) is 20.0 Å². The highest BCUT2D eigenvalue weighted by molar-refractivity contribution is 6.42. The van der Waals surface area contributed by atoms with Crippen molar-refractivity contribution in [2.45, 2.75) is 25.4 Å². The molecule has 0 aliphatic carbocycles. The van der Waals surface area contributed by atoms with Gasteiger partial charge >= 0.3 is 6.09 Å². The van der Waals surface area contributed by atoms with Crippen molar-refractivity contribution in [3.05, 3.63) is 46.1 Å². The van der Waals surface area contributed by atoms with Gasteiger partial charge in [-0.25, -0.2) is 14.5 Å². The van der Waals surface area contributed by atoms with Gasteiger partial charge in [0, 0.05) is 24.9 Å². The van der Waals surface area contributed by atoms with Crippen LogP contribution in [0.3, 0.4) is 0 Å². The van der Waals surface area contributed by atoms with Gasteiger partial charge in [-0.1, -0.05) is 29.3 Å². The van der Waals surface area contributed by atoms with E-state index in [1.54, 1.807) is 34.0 Å². The maximum Gasteiger partial charge on any atom is 0.404 e. The second-order valence-electron chi connectivity index (χ2n) is 7.20. The molecule has 1 saturated heterocycles. The summed E-state index contributed by atoms with van der Waals surface area (Å²) in [6.45, 7) is 2.63. The van der Waals surface area contributed by atoms with Crippen LogP contribution in [0.15, 0.2) is 35.5 Å². The van der Waals surface area contributed by atoms with E-state index >= 15 is 0 Å². The van der Waals surface area contributed by atoms with Gasteiger partial charge in [0.2, 0.25) is 5.91 Å². The third-order valence-corrected chi connectivity index (χ3v) is 6.09. The Morgan fingerprint density at radius 1 is 1.24 bits per heavy atom. The zero-order valence-corrected chi connectivity index (χ0v) is 17.1. The van der Waals surface area contributed by atoms with Gasteiger partial charge in [-0.3, -0.25) is 4.79 Å². The largest absolute Gasteiger partial charge is 0.465 e. The number of hydrogen-bond donors (Lipinski definition) is 2. The van der Waals surface area contributed by atoms with Gasteiger partial charge in [0.1, 0.15) is 5.92 Å². The van der Waals surface area contributed by atoms with Crippen molar-refractivity contribution >= 4 is 46.7 Å². The predicted octanol–water partition coefficient (Wildman–Crippen LogP) is 3.37. The summed E-state index contributed by atoms with van der Waals surface area (Å²) >= 11 is 12.3. The minimum atomic E-state index is -1.09. The Bertz CT molecular complexity index is 1010. The molecule has 10 heteroatoms. The van der Waals surface area contributed by atoms with Crippen LogP contribution >= 0.6 is 23.2 Å². The molecular weight excluding hydrogens is 417 g/mol. The highest BCUT2D eigenvalue weighted by atomic mass is 35.5. The average molecular weight is 436 g/mol. The first-order chi connectivity index (χ1) is 13.8. The lowest BCUT2D eigenvalue weighted by Gasteiger charge is -2.33. The molecule has 0 saturated carbocycles. The van der Waals surface area contributed by atoms with Crippen molar-refractivity contribution in [3.63, 3.8) is 0 Å². The maximum absolute atomic E-state index is 13.5. The Balaban J connectivity index is 1.69. The Morgan fingerprint density at radius 3 is 2.76 bits per heavy atom. The number of hydrogen-bond acceptors (Lipinski definition) is 4. The summed E-state index contributed by atoms with van der Waals surface area (Å²) in [4.78, 5) is 30.6. The van der Waals surface area contributed by atoms with Gasteiger partial charge < -0.3 is 15.3 Å². The minimum Gasteiger partial charge on any atom is -0.465 e. The summed E-state index contributed by atoms with van der Waals surface area (Å²) in [7, 11) is 0. The van der Waals surface area contributed by atoms with Crippen LogP contribution in [-0.2, 0) is 4.79 Å². The zero-order valence-electron chi connectivity index (χ0n) is 15.5. The monoisotopic (exact) mass is 435 g/mol. The van der Waals surface area contributed by atoms with Crippen LogP contribution in [0.2, 0.25) is 10.0 Å². The van der Waals surface area contributed by atoms with Crippen LogP contribution in [0.4, 0.5) is 10.6 Å². The second kappa shape index (κ2) is 7.68. The molecule has 4 rings (SSSR count). The number of carbonyl (C=O) groups is 2. The van der Waals surface area contributed by atoms with Crippen molar-refractivity contribution in [2.75, 3.05) is 13.1 Å². The van der Waals surface area contributed by atoms with Crippen LogP contribution in [0, 0.1) is 5.92 Å². The SMILES string of the molecule is CC1=Nc2ccnn2C(c2ccc(Cl)c(Cl)c2)C1C(=O)N1CC[C@H](NC(=O)O)C1. The first kappa shape index (κ1) is 19.7. The van der Waals surface area contributed by atoms with Crippen LogP contribution in [0.25, 0.3) is 0 Å². The minimum absolute atomic E-state index is 0.113. The highest BCUT2D eigenvalue weighted by Crippen LogP contribution is 2.39. The maximum atomic E-state index is 13.5. The normalized spacial score (nSPS) is 23.5. The van der Waals surface area contributed by atoms with Crippen LogP contribution in [0.5, 0.6) is 0 Å². The second-order valence-corrected chi connectivity index (χ2v) is 8.02. The van der Waals surface area contributed by atoms with Gasteiger partial charge in [0.15, 0.2) is 5.82 Å². The summed E-state index contributed by atoms with van der Waals surface area (Å²) in [6, 6.07) is 6.37. The summed E-state index contributed by atoms with van der Waals surface area (Å²) in [5.41, 5.74) is 1.48. The summed E-state index contributed by atoms with van der Waals surface area (Å²) in [5.74, 6) is -0.0316. The van der Waals surface area contributed by atoms with Gasteiger partial charge in [-0.05, 0) is 31.0 Å². The lowest BCUT2D eigenvalue weighted by atomic mass is 9.87. The molecule has 0 spiro atoms. The molecule has 3 heterocycles. The number of halogens is 2. The standard InChI is InChI=1S/C19H19Cl2N5O3/c1-10-16(18(27)25-7-5-12(9-25)24-19(28)29)17(26-15(23-10)4-6-22-26)11-2-3-13(20)14(21)8-11/h2-4,6,8,12,16-17,24H,5,7,9H2,1H3,(H,28,29)/t12-,16?,17?/m0/s1. The molecule has 2 aliphatic rings. The number of amides is 2. The first-order valence-electron chi connectivity index (χ1n) is 9.17. The fourth-order valence-corrected chi connectivity index (χ4v) is 4.33. The highest BCUT2D eigenvalue weighted by Gasteiger charge is 2.42. The Morgan fingerprint density at radius 2 is 2.03 bits per heavy atom. The van der Waals surface area contributed by atoms with E-state index < -0.39 is 18.1 Å². The number of nitrogens with zero attached hydrogens (tertiary/aromatic N) is 4. The predicted molar refractivity (Wildman–Crippen MR) is 109 cm³/mol. The van der Waals surface area contributed by atoms with E-state index in [4.69, 9.17) is 28.3 Å². The lowest BCUT2D eigenvalue weighted by molar-refractivity contribution is -0.133. The Labute approximate surface area is 177 Å². The molecule has 0 radical (unpaired) electrons. The van der Waals surface area contributed by atoms with Crippen molar-refractivity contribution < 1.29 is 14.7 Å². The van der Waals surface area contributed by atoms with E-state index in [0.29, 0.717) is 41.1 Å². The van der Waals surface area contributed by atoms with Crippen LogP contribution in [0.1, 0.15) is 24.9 Å². The van der Waals surface area contributed by atoms with Crippen LogP contribution in [-0.4, -0.2) is 56.6 Å². The summed E-state index contributed by atoms with van der Waals surface area (Å²) < 4.78 is 1.72. The van der Waals surface area contributed by atoms with Gasteiger partial charge in [0.25, 0.3) is 0 Å². The molecule has 2 aliphatic heterocycles. The Kier molecular flexibility index (Phi) is 5.23. The van der Waals surface area contributed by atoms with E-state index in [1.807, 2.05) is 13.0 Å². The molecule has 2 unspecified atom stereocenters. The molecule has 1 aromatic carbocycles. The molecule has 29 heavy (non-hydrogen) atoms. The van der Waals surface area contributed by atoms with Crippen molar-refractivity contribution in [3.8, 4) is 0 Å². The topological polar surface area (TPSA) is 99.8 Å². The molecule has 0 bridgehead atoms. The van der Waals surface area contributed by atoms with E-state index in [1.165, 1.54) is 0 Å². The first-order valence-corrected chi connectivity index (χ1v) is 9.92. The third-order valence-electron chi connectivity index (χ3n) is 5.35. The number of aliphatic imine (C=N–C) groups is 1. The smallest absolute Gasteiger partial charge is 0.404 e. The number of carbonyl (C=O) groups excluding carboxylic acids is 1.